The average molecular weight is 217 g/mol. The Kier molecular flexibility index (Phi) is 3.73. The van der Waals surface area contributed by atoms with Crippen LogP contribution in [0.15, 0.2) is 24.3 Å². The number of hydrogen-bond acceptors (Lipinski definition) is 2. The molecule has 0 aromatic heterocycles. The summed E-state index contributed by atoms with van der Waals surface area (Å²) < 4.78 is 0. The van der Waals surface area contributed by atoms with Gasteiger partial charge in [-0.2, -0.15) is 0 Å². The van der Waals surface area contributed by atoms with Gasteiger partial charge in [0.1, 0.15) is 0 Å². The zero-order valence-corrected chi connectivity index (χ0v) is 9.83. The molecule has 0 unspecified atom stereocenters. The molecule has 0 bridgehead atoms. The largest absolute Gasteiger partial charge is 0.307 e. The lowest BCUT2D eigenvalue weighted by molar-refractivity contribution is 0.0990. The molecule has 1 N–H and O–H groups in total. The van der Waals surface area contributed by atoms with E-state index in [1.54, 1.807) is 0 Å². The van der Waals surface area contributed by atoms with E-state index < -0.39 is 0 Å². The maximum atomic E-state index is 11.9. The van der Waals surface area contributed by atoms with E-state index in [1.807, 2.05) is 18.2 Å². The van der Waals surface area contributed by atoms with Crippen molar-refractivity contribution >= 4 is 5.78 Å². The van der Waals surface area contributed by atoms with Gasteiger partial charge in [-0.05, 0) is 30.9 Å². The average Bonchev–Trinajstić information content (AvgIpc) is 3.10. The number of nitrogens with one attached hydrogen (secondary N) is 1. The molecule has 0 radical (unpaired) electrons. The lowest BCUT2D eigenvalue weighted by atomic mass is 10.0. The first-order valence-electron chi connectivity index (χ1n) is 6.15. The SMILES string of the molecule is CCCc1cccc(C(=O)CNC2CC2)c1. The van der Waals surface area contributed by atoms with Crippen molar-refractivity contribution in [2.24, 2.45) is 0 Å². The van der Waals surface area contributed by atoms with Crippen molar-refractivity contribution in [3.05, 3.63) is 35.4 Å². The summed E-state index contributed by atoms with van der Waals surface area (Å²) in [6, 6.07) is 8.61. The number of benzene rings is 1. The lowest BCUT2D eigenvalue weighted by Gasteiger charge is -2.04. The molecule has 0 atom stereocenters. The van der Waals surface area contributed by atoms with Crippen LogP contribution < -0.4 is 5.32 Å². The first-order valence-corrected chi connectivity index (χ1v) is 6.15. The Morgan fingerprint density at radius 3 is 2.94 bits per heavy atom. The van der Waals surface area contributed by atoms with Crippen LogP contribution in [-0.4, -0.2) is 18.4 Å². The predicted octanol–water partition coefficient (Wildman–Crippen LogP) is 2.57. The zero-order chi connectivity index (χ0) is 11.4. The van der Waals surface area contributed by atoms with Crippen molar-refractivity contribution < 1.29 is 4.79 Å². The van der Waals surface area contributed by atoms with Crippen LogP contribution in [-0.2, 0) is 6.42 Å². The molecule has 1 aromatic carbocycles. The molecule has 1 saturated carbocycles. The van der Waals surface area contributed by atoms with Gasteiger partial charge in [-0.15, -0.1) is 0 Å². The molecule has 0 saturated heterocycles. The van der Waals surface area contributed by atoms with E-state index >= 15 is 0 Å². The van der Waals surface area contributed by atoms with E-state index in [9.17, 15) is 4.79 Å². The third-order valence-electron chi connectivity index (χ3n) is 2.92. The van der Waals surface area contributed by atoms with Crippen molar-refractivity contribution in [1.29, 1.82) is 0 Å². The first-order chi connectivity index (χ1) is 7.79. The van der Waals surface area contributed by atoms with Crippen LogP contribution in [0.3, 0.4) is 0 Å². The smallest absolute Gasteiger partial charge is 0.176 e. The summed E-state index contributed by atoms with van der Waals surface area (Å²) in [5.41, 5.74) is 2.11. The third-order valence-corrected chi connectivity index (χ3v) is 2.92. The summed E-state index contributed by atoms with van der Waals surface area (Å²) in [6.45, 7) is 2.64. The van der Waals surface area contributed by atoms with Gasteiger partial charge in [0.05, 0.1) is 6.54 Å². The number of carbonyl (C=O) groups is 1. The van der Waals surface area contributed by atoms with Crippen molar-refractivity contribution in [1.82, 2.24) is 5.32 Å². The summed E-state index contributed by atoms with van der Waals surface area (Å²) in [5, 5.41) is 3.26. The Labute approximate surface area is 97.1 Å². The normalized spacial score (nSPS) is 15.1. The highest BCUT2D eigenvalue weighted by atomic mass is 16.1. The van der Waals surface area contributed by atoms with Gasteiger partial charge in [-0.1, -0.05) is 31.5 Å². The van der Waals surface area contributed by atoms with Gasteiger partial charge in [0.2, 0.25) is 0 Å². The number of hydrogen-bond donors (Lipinski definition) is 1. The molecule has 1 aliphatic rings. The highest BCUT2D eigenvalue weighted by Crippen LogP contribution is 2.18. The van der Waals surface area contributed by atoms with E-state index in [1.165, 1.54) is 18.4 Å². The van der Waals surface area contributed by atoms with Crippen molar-refractivity contribution in [2.45, 2.75) is 38.6 Å². The maximum Gasteiger partial charge on any atom is 0.176 e. The second-order valence-electron chi connectivity index (χ2n) is 4.53. The molecule has 0 aliphatic heterocycles. The Bertz CT molecular complexity index is 369. The minimum absolute atomic E-state index is 0.213. The summed E-state index contributed by atoms with van der Waals surface area (Å²) in [6.07, 6.45) is 4.63. The van der Waals surface area contributed by atoms with E-state index in [0.717, 1.165) is 18.4 Å². The summed E-state index contributed by atoms with van der Waals surface area (Å²) in [5.74, 6) is 0.213. The Morgan fingerprint density at radius 1 is 1.44 bits per heavy atom. The number of rotatable bonds is 6. The molecule has 16 heavy (non-hydrogen) atoms. The molecule has 1 aliphatic carbocycles. The minimum atomic E-state index is 0.213. The molecule has 0 amide bonds. The number of ketones is 1. The third kappa shape index (κ3) is 3.17. The van der Waals surface area contributed by atoms with Crippen LogP contribution >= 0.6 is 0 Å². The fraction of sp³-hybridized carbons (Fsp3) is 0.500. The van der Waals surface area contributed by atoms with Gasteiger partial charge in [-0.3, -0.25) is 4.79 Å². The Morgan fingerprint density at radius 2 is 2.25 bits per heavy atom. The van der Waals surface area contributed by atoms with E-state index in [4.69, 9.17) is 0 Å². The first kappa shape index (κ1) is 11.3. The number of aryl methyl sites for hydroxylation is 1. The van der Waals surface area contributed by atoms with Crippen molar-refractivity contribution in [3.8, 4) is 0 Å². The molecule has 1 aromatic rings. The molecular weight excluding hydrogens is 198 g/mol. The molecule has 1 fully saturated rings. The Balaban J connectivity index is 1.94. The van der Waals surface area contributed by atoms with Crippen LogP contribution in [0.4, 0.5) is 0 Å². The van der Waals surface area contributed by atoms with Crippen LogP contribution in [0.1, 0.15) is 42.1 Å². The monoisotopic (exact) mass is 217 g/mol. The minimum Gasteiger partial charge on any atom is -0.307 e. The summed E-state index contributed by atoms with van der Waals surface area (Å²) in [7, 11) is 0. The molecule has 2 heteroatoms. The number of carbonyl (C=O) groups excluding carboxylic acids is 1. The van der Waals surface area contributed by atoms with Crippen LogP contribution in [0.5, 0.6) is 0 Å². The van der Waals surface area contributed by atoms with Crippen LogP contribution in [0, 0.1) is 0 Å². The van der Waals surface area contributed by atoms with Gasteiger partial charge in [0, 0.05) is 11.6 Å². The van der Waals surface area contributed by atoms with Crippen LogP contribution in [0.2, 0.25) is 0 Å². The second kappa shape index (κ2) is 5.26. The predicted molar refractivity (Wildman–Crippen MR) is 65.8 cm³/mol. The second-order valence-corrected chi connectivity index (χ2v) is 4.53. The molecule has 0 spiro atoms. The number of Topliss-reactive ketones (excluding diaryl/α,β-unsaturated/α-hetero) is 1. The highest BCUT2D eigenvalue weighted by Gasteiger charge is 2.21. The summed E-state index contributed by atoms with van der Waals surface area (Å²) >= 11 is 0. The fourth-order valence-corrected chi connectivity index (χ4v) is 1.82. The van der Waals surface area contributed by atoms with Crippen molar-refractivity contribution in [2.75, 3.05) is 6.54 Å². The lowest BCUT2D eigenvalue weighted by Crippen LogP contribution is -2.24. The van der Waals surface area contributed by atoms with E-state index in [0.29, 0.717) is 12.6 Å². The van der Waals surface area contributed by atoms with Gasteiger partial charge in [-0.25, -0.2) is 0 Å². The van der Waals surface area contributed by atoms with E-state index in [2.05, 4.69) is 18.3 Å². The topological polar surface area (TPSA) is 29.1 Å². The molecule has 2 rings (SSSR count). The van der Waals surface area contributed by atoms with Crippen molar-refractivity contribution in [3.63, 3.8) is 0 Å². The van der Waals surface area contributed by atoms with Gasteiger partial charge < -0.3 is 5.32 Å². The summed E-state index contributed by atoms with van der Waals surface area (Å²) in [4.78, 5) is 11.9. The zero-order valence-electron chi connectivity index (χ0n) is 9.83. The van der Waals surface area contributed by atoms with E-state index in [-0.39, 0.29) is 5.78 Å². The molecule has 86 valence electrons. The van der Waals surface area contributed by atoms with Crippen LogP contribution in [0.25, 0.3) is 0 Å². The molecule has 2 nitrogen and oxygen atoms in total. The molecular formula is C14H19NO. The fourth-order valence-electron chi connectivity index (χ4n) is 1.82. The van der Waals surface area contributed by atoms with Gasteiger partial charge >= 0.3 is 0 Å². The van der Waals surface area contributed by atoms with Gasteiger partial charge in [0.25, 0.3) is 0 Å². The van der Waals surface area contributed by atoms with Gasteiger partial charge in [0.15, 0.2) is 5.78 Å². The standard InChI is InChI=1S/C14H19NO/c1-2-4-11-5-3-6-12(9-11)14(16)10-15-13-7-8-13/h3,5-6,9,13,15H,2,4,7-8,10H2,1H3. The quantitative estimate of drug-likeness (QED) is 0.742. The molecule has 0 heterocycles. The Hall–Kier alpha value is -1.15. The highest BCUT2D eigenvalue weighted by molar-refractivity contribution is 5.97. The maximum absolute atomic E-state index is 11.9.